The Labute approximate surface area is 113 Å². The Bertz CT molecular complexity index is 533. The van der Waals surface area contributed by atoms with E-state index in [1.165, 1.54) is 16.7 Å². The van der Waals surface area contributed by atoms with Gasteiger partial charge in [-0.15, -0.1) is 11.8 Å². The molecular formula is C12H11NO5S. The Morgan fingerprint density at radius 2 is 2.21 bits per heavy atom. The van der Waals surface area contributed by atoms with Crippen LogP contribution in [0.25, 0.3) is 0 Å². The quantitative estimate of drug-likeness (QED) is 0.604. The van der Waals surface area contributed by atoms with Crippen LogP contribution in [-0.4, -0.2) is 41.7 Å². The van der Waals surface area contributed by atoms with Gasteiger partial charge in [0.15, 0.2) is 11.5 Å². The molecule has 0 aliphatic carbocycles. The number of fused-ring (bicyclic) bond motifs is 1. The number of benzene rings is 1. The first-order chi connectivity index (χ1) is 9.22. The van der Waals surface area contributed by atoms with Crippen LogP contribution in [0.2, 0.25) is 0 Å². The minimum absolute atomic E-state index is 0.0275. The molecule has 0 radical (unpaired) electrons. The zero-order valence-electron chi connectivity index (χ0n) is 9.96. The van der Waals surface area contributed by atoms with E-state index >= 15 is 0 Å². The Morgan fingerprint density at radius 1 is 1.37 bits per heavy atom. The fraction of sp³-hybridized carbons (Fsp3) is 0.333. The van der Waals surface area contributed by atoms with Crippen molar-refractivity contribution in [3.8, 4) is 17.2 Å². The second kappa shape index (κ2) is 5.00. The summed E-state index contributed by atoms with van der Waals surface area (Å²) in [4.78, 5) is 24.6. The van der Waals surface area contributed by atoms with E-state index in [0.29, 0.717) is 28.9 Å². The fourth-order valence-corrected chi connectivity index (χ4v) is 2.70. The van der Waals surface area contributed by atoms with Crippen LogP contribution < -0.4 is 14.2 Å². The van der Waals surface area contributed by atoms with Gasteiger partial charge in [-0.3, -0.25) is 4.79 Å². The Balaban J connectivity index is 1.61. The van der Waals surface area contributed by atoms with E-state index in [1.807, 2.05) is 0 Å². The van der Waals surface area contributed by atoms with Crippen LogP contribution in [0.15, 0.2) is 18.2 Å². The molecule has 0 saturated carbocycles. The molecule has 0 unspecified atom stereocenters. The molecule has 2 aliphatic heterocycles. The molecule has 6 nitrogen and oxygen atoms in total. The predicted molar refractivity (Wildman–Crippen MR) is 67.2 cm³/mol. The number of esters is 1. The first-order valence-corrected chi connectivity index (χ1v) is 6.84. The van der Waals surface area contributed by atoms with E-state index < -0.39 is 5.97 Å². The SMILES string of the molecule is O=C(CN1CSCC1=O)Oc1ccc2c(c1)OCO2. The summed E-state index contributed by atoms with van der Waals surface area (Å²) in [5.41, 5.74) is 0. The highest BCUT2D eigenvalue weighted by Crippen LogP contribution is 2.35. The Morgan fingerprint density at radius 3 is 3.00 bits per heavy atom. The molecule has 2 aliphatic rings. The van der Waals surface area contributed by atoms with Crippen molar-refractivity contribution in [2.24, 2.45) is 0 Å². The summed E-state index contributed by atoms with van der Waals surface area (Å²) in [6.07, 6.45) is 0. The molecule has 19 heavy (non-hydrogen) atoms. The monoisotopic (exact) mass is 281 g/mol. The first-order valence-electron chi connectivity index (χ1n) is 5.68. The van der Waals surface area contributed by atoms with Crippen LogP contribution in [0.4, 0.5) is 0 Å². The smallest absolute Gasteiger partial charge is 0.331 e. The maximum absolute atomic E-state index is 11.7. The molecule has 7 heteroatoms. The Hall–Kier alpha value is -1.89. The van der Waals surface area contributed by atoms with Gasteiger partial charge in [0.25, 0.3) is 0 Å². The minimum Gasteiger partial charge on any atom is -0.454 e. The zero-order valence-corrected chi connectivity index (χ0v) is 10.8. The summed E-state index contributed by atoms with van der Waals surface area (Å²) < 4.78 is 15.5. The van der Waals surface area contributed by atoms with Crippen molar-refractivity contribution in [2.45, 2.75) is 0 Å². The third-order valence-electron chi connectivity index (χ3n) is 2.72. The van der Waals surface area contributed by atoms with Crippen LogP contribution in [0.5, 0.6) is 17.2 Å². The molecule has 1 fully saturated rings. The molecule has 0 aromatic heterocycles. The second-order valence-electron chi connectivity index (χ2n) is 4.06. The van der Waals surface area contributed by atoms with Gasteiger partial charge in [-0.1, -0.05) is 0 Å². The predicted octanol–water partition coefficient (Wildman–Crippen LogP) is 0.854. The lowest BCUT2D eigenvalue weighted by atomic mass is 10.3. The highest BCUT2D eigenvalue weighted by molar-refractivity contribution is 8.00. The molecule has 0 spiro atoms. The fourth-order valence-electron chi connectivity index (χ4n) is 1.80. The van der Waals surface area contributed by atoms with Crippen LogP contribution >= 0.6 is 11.8 Å². The third-order valence-corrected chi connectivity index (χ3v) is 3.67. The number of thioether (sulfide) groups is 1. The maximum Gasteiger partial charge on any atom is 0.331 e. The van der Waals surface area contributed by atoms with Crippen LogP contribution in [0.1, 0.15) is 0 Å². The van der Waals surface area contributed by atoms with Gasteiger partial charge in [0.2, 0.25) is 12.7 Å². The number of hydrogen-bond acceptors (Lipinski definition) is 6. The largest absolute Gasteiger partial charge is 0.454 e. The van der Waals surface area contributed by atoms with E-state index in [4.69, 9.17) is 14.2 Å². The summed E-state index contributed by atoms with van der Waals surface area (Å²) in [6.45, 7) is 0.145. The van der Waals surface area contributed by atoms with Crippen LogP contribution in [-0.2, 0) is 9.59 Å². The molecule has 2 heterocycles. The summed E-state index contributed by atoms with van der Waals surface area (Å²) in [6, 6.07) is 4.91. The number of carbonyl (C=O) groups is 2. The lowest BCUT2D eigenvalue weighted by Gasteiger charge is -2.13. The number of ether oxygens (including phenoxy) is 3. The maximum atomic E-state index is 11.7. The highest BCUT2D eigenvalue weighted by Gasteiger charge is 2.24. The molecule has 1 aromatic carbocycles. The lowest BCUT2D eigenvalue weighted by Crippen LogP contribution is -2.33. The zero-order chi connectivity index (χ0) is 13.2. The van der Waals surface area contributed by atoms with E-state index in [-0.39, 0.29) is 19.2 Å². The standard InChI is InChI=1S/C12H11NO5S/c14-11-5-19-6-13(11)4-12(15)18-8-1-2-9-10(3-8)17-7-16-9/h1-3H,4-7H2. The number of rotatable bonds is 3. The first kappa shape index (κ1) is 12.2. The number of hydrogen-bond donors (Lipinski definition) is 0. The molecule has 3 rings (SSSR count). The van der Waals surface area contributed by atoms with Crippen molar-refractivity contribution in [3.63, 3.8) is 0 Å². The van der Waals surface area contributed by atoms with Crippen molar-refractivity contribution >= 4 is 23.6 Å². The number of nitrogens with zero attached hydrogens (tertiary/aromatic N) is 1. The van der Waals surface area contributed by atoms with E-state index in [9.17, 15) is 9.59 Å². The van der Waals surface area contributed by atoms with Crippen molar-refractivity contribution < 1.29 is 23.8 Å². The molecule has 100 valence electrons. The van der Waals surface area contributed by atoms with E-state index in [1.54, 1.807) is 18.2 Å². The molecular weight excluding hydrogens is 270 g/mol. The Kier molecular flexibility index (Phi) is 3.20. The van der Waals surface area contributed by atoms with E-state index in [0.717, 1.165) is 0 Å². The average Bonchev–Trinajstić information content (AvgIpc) is 2.98. The molecule has 1 amide bonds. The van der Waals surface area contributed by atoms with Gasteiger partial charge >= 0.3 is 5.97 Å². The van der Waals surface area contributed by atoms with Crippen molar-refractivity contribution in [1.82, 2.24) is 4.90 Å². The van der Waals surface area contributed by atoms with Gasteiger partial charge in [0.05, 0.1) is 11.6 Å². The molecule has 0 atom stereocenters. The summed E-state index contributed by atoms with van der Waals surface area (Å²) >= 11 is 1.49. The summed E-state index contributed by atoms with van der Waals surface area (Å²) in [5.74, 6) is 2.03. The van der Waals surface area contributed by atoms with Gasteiger partial charge in [0.1, 0.15) is 12.3 Å². The normalized spacial score (nSPS) is 16.8. The summed E-state index contributed by atoms with van der Waals surface area (Å²) in [5, 5.41) is 0. The van der Waals surface area contributed by atoms with Crippen molar-refractivity contribution in [2.75, 3.05) is 25.0 Å². The second-order valence-corrected chi connectivity index (χ2v) is 5.01. The topological polar surface area (TPSA) is 65.1 Å². The summed E-state index contributed by atoms with van der Waals surface area (Å²) in [7, 11) is 0. The van der Waals surface area contributed by atoms with Crippen LogP contribution in [0.3, 0.4) is 0 Å². The van der Waals surface area contributed by atoms with Gasteiger partial charge in [-0.2, -0.15) is 0 Å². The van der Waals surface area contributed by atoms with Gasteiger partial charge in [-0.05, 0) is 12.1 Å². The molecule has 0 N–H and O–H groups in total. The molecule has 1 aromatic rings. The van der Waals surface area contributed by atoms with Gasteiger partial charge < -0.3 is 19.1 Å². The van der Waals surface area contributed by atoms with Crippen molar-refractivity contribution in [1.29, 1.82) is 0 Å². The van der Waals surface area contributed by atoms with Crippen molar-refractivity contribution in [3.05, 3.63) is 18.2 Å². The van der Waals surface area contributed by atoms with Gasteiger partial charge in [0, 0.05) is 6.07 Å². The van der Waals surface area contributed by atoms with Gasteiger partial charge in [-0.25, -0.2) is 4.79 Å². The minimum atomic E-state index is -0.463. The number of amides is 1. The average molecular weight is 281 g/mol. The third kappa shape index (κ3) is 2.60. The lowest BCUT2D eigenvalue weighted by molar-refractivity contribution is -0.140. The molecule has 0 bridgehead atoms. The van der Waals surface area contributed by atoms with E-state index in [2.05, 4.69) is 0 Å². The van der Waals surface area contributed by atoms with Crippen LogP contribution in [0, 0.1) is 0 Å². The molecule has 1 saturated heterocycles. The number of carbonyl (C=O) groups excluding carboxylic acids is 2. The highest BCUT2D eigenvalue weighted by atomic mass is 32.2.